The first kappa shape index (κ1) is 17.5. The maximum Gasteiger partial charge on any atom is 0.255 e. The van der Waals surface area contributed by atoms with Gasteiger partial charge in [0.05, 0.1) is 31.7 Å². The predicted molar refractivity (Wildman–Crippen MR) is 105 cm³/mol. The minimum Gasteiger partial charge on any atom is -0.497 e. The molecule has 0 aliphatic heterocycles. The van der Waals surface area contributed by atoms with Gasteiger partial charge in [-0.2, -0.15) is 0 Å². The summed E-state index contributed by atoms with van der Waals surface area (Å²) in [6.07, 6.45) is 3.26. The fraction of sp³-hybridized carbons (Fsp3) is 0.0952. The number of carbonyl (C=O) groups is 1. The van der Waals surface area contributed by atoms with Crippen LogP contribution in [0.25, 0.3) is 22.6 Å². The number of anilines is 1. The Bertz CT molecular complexity index is 1100. The van der Waals surface area contributed by atoms with Crippen LogP contribution in [0.2, 0.25) is 0 Å². The van der Waals surface area contributed by atoms with E-state index in [1.165, 1.54) is 14.2 Å². The molecule has 1 amide bonds. The molecule has 0 spiro atoms. The number of carbonyl (C=O) groups excluding carboxylic acids is 1. The monoisotopic (exact) mass is 375 g/mol. The highest BCUT2D eigenvalue weighted by molar-refractivity contribution is 6.06. The van der Waals surface area contributed by atoms with Crippen molar-refractivity contribution >= 4 is 22.7 Å². The van der Waals surface area contributed by atoms with Gasteiger partial charge in [-0.1, -0.05) is 12.1 Å². The maximum absolute atomic E-state index is 12.8. The molecule has 0 radical (unpaired) electrons. The van der Waals surface area contributed by atoms with Crippen molar-refractivity contribution in [3.8, 4) is 23.0 Å². The Labute approximate surface area is 160 Å². The van der Waals surface area contributed by atoms with Crippen molar-refractivity contribution in [2.45, 2.75) is 0 Å². The van der Waals surface area contributed by atoms with Gasteiger partial charge in [-0.05, 0) is 30.3 Å². The quantitative estimate of drug-likeness (QED) is 0.564. The Morgan fingerprint density at radius 3 is 2.50 bits per heavy atom. The van der Waals surface area contributed by atoms with Crippen LogP contribution in [0, 0.1) is 0 Å². The summed E-state index contributed by atoms with van der Waals surface area (Å²) in [5.74, 6) is 1.16. The molecule has 0 aliphatic carbocycles. The smallest absolute Gasteiger partial charge is 0.255 e. The molecule has 0 saturated heterocycles. The largest absolute Gasteiger partial charge is 0.497 e. The summed E-state index contributed by atoms with van der Waals surface area (Å²) in [6, 6.07) is 14.1. The van der Waals surface area contributed by atoms with Gasteiger partial charge < -0.3 is 19.2 Å². The number of aromatic nitrogens is 2. The maximum atomic E-state index is 12.8. The molecule has 28 heavy (non-hydrogen) atoms. The van der Waals surface area contributed by atoms with Gasteiger partial charge in [0.2, 0.25) is 5.89 Å². The summed E-state index contributed by atoms with van der Waals surface area (Å²) in [7, 11) is 3.07. The standard InChI is InChI=1S/C21H17N3O4/c1-26-14-9-13(10-15(11-14)27-2)20(25)23-17-6-4-3-5-16(17)21-24-18-7-8-22-12-19(18)28-21/h3-12H,1-2H3,(H,23,25). The zero-order chi connectivity index (χ0) is 19.5. The van der Waals surface area contributed by atoms with Gasteiger partial charge in [-0.25, -0.2) is 4.98 Å². The average molecular weight is 375 g/mol. The number of para-hydroxylation sites is 1. The molecule has 0 atom stereocenters. The Morgan fingerprint density at radius 2 is 1.79 bits per heavy atom. The molecule has 1 N–H and O–H groups in total. The third-order valence-electron chi connectivity index (χ3n) is 4.21. The van der Waals surface area contributed by atoms with Crippen LogP contribution < -0.4 is 14.8 Å². The van der Waals surface area contributed by atoms with E-state index in [4.69, 9.17) is 13.9 Å². The molecular weight excluding hydrogens is 358 g/mol. The molecular formula is C21H17N3O4. The normalized spacial score (nSPS) is 10.6. The molecule has 0 aliphatic rings. The van der Waals surface area contributed by atoms with Gasteiger partial charge >= 0.3 is 0 Å². The molecule has 0 unspecified atom stereocenters. The number of nitrogens with one attached hydrogen (secondary N) is 1. The van der Waals surface area contributed by atoms with Gasteiger partial charge in [-0.15, -0.1) is 0 Å². The lowest BCUT2D eigenvalue weighted by atomic mass is 10.1. The number of amides is 1. The molecule has 4 rings (SSSR count). The van der Waals surface area contributed by atoms with Crippen molar-refractivity contribution < 1.29 is 18.7 Å². The van der Waals surface area contributed by atoms with E-state index in [1.807, 2.05) is 18.2 Å². The summed E-state index contributed by atoms with van der Waals surface area (Å²) in [4.78, 5) is 21.3. The van der Waals surface area contributed by atoms with Crippen molar-refractivity contribution in [3.05, 3.63) is 66.5 Å². The number of pyridine rings is 1. The highest BCUT2D eigenvalue weighted by Crippen LogP contribution is 2.30. The van der Waals surface area contributed by atoms with E-state index in [9.17, 15) is 4.79 Å². The summed E-state index contributed by atoms with van der Waals surface area (Å²) in [6.45, 7) is 0. The van der Waals surface area contributed by atoms with E-state index < -0.39 is 0 Å². The van der Waals surface area contributed by atoms with Crippen LogP contribution in [0.1, 0.15) is 10.4 Å². The number of methoxy groups -OCH3 is 2. The lowest BCUT2D eigenvalue weighted by Gasteiger charge is -2.11. The topological polar surface area (TPSA) is 86.5 Å². The third kappa shape index (κ3) is 3.37. The Morgan fingerprint density at radius 1 is 1.04 bits per heavy atom. The van der Waals surface area contributed by atoms with Crippen molar-refractivity contribution in [1.82, 2.24) is 9.97 Å². The zero-order valence-electron chi connectivity index (χ0n) is 15.3. The van der Waals surface area contributed by atoms with Crippen LogP contribution in [-0.2, 0) is 0 Å². The van der Waals surface area contributed by atoms with Gasteiger partial charge in [-0.3, -0.25) is 9.78 Å². The van der Waals surface area contributed by atoms with Crippen LogP contribution in [0.3, 0.4) is 0 Å². The molecule has 2 heterocycles. The molecule has 0 saturated carbocycles. The first-order chi connectivity index (χ1) is 13.7. The molecule has 7 heteroatoms. The van der Waals surface area contributed by atoms with E-state index in [0.29, 0.717) is 45.3 Å². The number of fused-ring (bicyclic) bond motifs is 1. The highest BCUT2D eigenvalue weighted by atomic mass is 16.5. The third-order valence-corrected chi connectivity index (χ3v) is 4.21. The molecule has 0 fully saturated rings. The second kappa shape index (κ2) is 7.40. The number of ether oxygens (including phenoxy) is 2. The number of nitrogens with zero attached hydrogens (tertiary/aromatic N) is 2. The zero-order valence-corrected chi connectivity index (χ0v) is 15.3. The van der Waals surface area contributed by atoms with Crippen molar-refractivity contribution in [2.24, 2.45) is 0 Å². The second-order valence-electron chi connectivity index (χ2n) is 5.96. The Kier molecular flexibility index (Phi) is 4.63. The summed E-state index contributed by atoms with van der Waals surface area (Å²) < 4.78 is 16.3. The lowest BCUT2D eigenvalue weighted by molar-refractivity contribution is 0.102. The summed E-state index contributed by atoms with van der Waals surface area (Å²) in [5, 5.41) is 2.91. The summed E-state index contributed by atoms with van der Waals surface area (Å²) >= 11 is 0. The minimum atomic E-state index is -0.303. The fourth-order valence-electron chi connectivity index (χ4n) is 2.81. The van der Waals surface area contributed by atoms with E-state index in [0.717, 1.165) is 0 Å². The number of rotatable bonds is 5. The van der Waals surface area contributed by atoms with Crippen LogP contribution in [0.5, 0.6) is 11.5 Å². The lowest BCUT2D eigenvalue weighted by Crippen LogP contribution is -2.13. The Balaban J connectivity index is 1.68. The molecule has 140 valence electrons. The van der Waals surface area contributed by atoms with Gasteiger partial charge in [0.15, 0.2) is 5.58 Å². The predicted octanol–water partition coefficient (Wildman–Crippen LogP) is 4.16. The molecule has 4 aromatic rings. The van der Waals surface area contributed by atoms with Gasteiger partial charge in [0.25, 0.3) is 5.91 Å². The molecule has 2 aromatic carbocycles. The molecule has 0 bridgehead atoms. The van der Waals surface area contributed by atoms with E-state index in [-0.39, 0.29) is 5.91 Å². The van der Waals surface area contributed by atoms with E-state index in [2.05, 4.69) is 15.3 Å². The van der Waals surface area contributed by atoms with Crippen molar-refractivity contribution in [1.29, 1.82) is 0 Å². The van der Waals surface area contributed by atoms with Crippen LogP contribution in [0.15, 0.2) is 65.3 Å². The van der Waals surface area contributed by atoms with Gasteiger partial charge in [0, 0.05) is 17.8 Å². The second-order valence-corrected chi connectivity index (χ2v) is 5.96. The minimum absolute atomic E-state index is 0.303. The van der Waals surface area contributed by atoms with Crippen LogP contribution >= 0.6 is 0 Å². The van der Waals surface area contributed by atoms with Crippen molar-refractivity contribution in [3.63, 3.8) is 0 Å². The number of hydrogen-bond acceptors (Lipinski definition) is 6. The first-order valence-corrected chi connectivity index (χ1v) is 8.52. The van der Waals surface area contributed by atoms with E-state index in [1.54, 1.807) is 42.7 Å². The van der Waals surface area contributed by atoms with E-state index >= 15 is 0 Å². The number of benzene rings is 2. The van der Waals surface area contributed by atoms with Gasteiger partial charge in [0.1, 0.15) is 17.0 Å². The molecule has 7 nitrogen and oxygen atoms in total. The fourth-order valence-corrected chi connectivity index (χ4v) is 2.81. The molecule has 2 aromatic heterocycles. The highest BCUT2D eigenvalue weighted by Gasteiger charge is 2.16. The van der Waals surface area contributed by atoms with Crippen LogP contribution in [-0.4, -0.2) is 30.1 Å². The first-order valence-electron chi connectivity index (χ1n) is 8.52. The average Bonchev–Trinajstić information content (AvgIpc) is 3.17. The van der Waals surface area contributed by atoms with Crippen LogP contribution in [0.4, 0.5) is 5.69 Å². The summed E-state index contributed by atoms with van der Waals surface area (Å²) in [5.41, 5.74) is 2.93. The van der Waals surface area contributed by atoms with Crippen molar-refractivity contribution in [2.75, 3.05) is 19.5 Å². The SMILES string of the molecule is COc1cc(OC)cc(C(=O)Nc2ccccc2-c2nc3ccncc3o2)c1. The number of hydrogen-bond donors (Lipinski definition) is 1. The number of oxazole rings is 1. The Hall–Kier alpha value is -3.87.